The third-order valence-electron chi connectivity index (χ3n) is 5.35. The standard InChI is InChI=1S/C22H25N3O8S/c1-30-16-4-6-17(7-5-16)34(28,29)25-9-2-10-31-20(25)13-24-22(27)21(26)23-12-15-3-8-18-19(11-15)33-14-32-18/h3-8,11,20H,2,9-10,12-14H2,1H3,(H,23,26)(H,24,27)/t20-/m1/s1. The van der Waals surface area contributed by atoms with Gasteiger partial charge in [-0.05, 0) is 48.4 Å². The van der Waals surface area contributed by atoms with Gasteiger partial charge in [0.2, 0.25) is 16.8 Å². The Kier molecular flexibility index (Phi) is 7.20. The molecule has 0 unspecified atom stereocenters. The number of carbonyl (C=O) groups excluding carboxylic acids is 2. The highest BCUT2D eigenvalue weighted by atomic mass is 32.2. The van der Waals surface area contributed by atoms with Gasteiger partial charge in [0.15, 0.2) is 11.5 Å². The van der Waals surface area contributed by atoms with Crippen molar-refractivity contribution in [1.82, 2.24) is 14.9 Å². The molecule has 2 aliphatic rings. The average molecular weight is 492 g/mol. The van der Waals surface area contributed by atoms with Crippen molar-refractivity contribution in [2.45, 2.75) is 24.1 Å². The van der Waals surface area contributed by atoms with E-state index in [1.54, 1.807) is 30.3 Å². The van der Waals surface area contributed by atoms with Crippen LogP contribution in [0.25, 0.3) is 0 Å². The Hall–Kier alpha value is -3.35. The van der Waals surface area contributed by atoms with Crippen molar-refractivity contribution in [3.8, 4) is 17.2 Å². The molecular weight excluding hydrogens is 466 g/mol. The maximum Gasteiger partial charge on any atom is 0.309 e. The van der Waals surface area contributed by atoms with Gasteiger partial charge in [0.1, 0.15) is 12.0 Å². The quantitative estimate of drug-likeness (QED) is 0.538. The first-order valence-corrected chi connectivity index (χ1v) is 12.0. The first-order valence-electron chi connectivity index (χ1n) is 10.6. The number of rotatable bonds is 7. The minimum absolute atomic E-state index is 0.0802. The normalized spacial score (nSPS) is 17.7. The van der Waals surface area contributed by atoms with Crippen LogP contribution in [0.2, 0.25) is 0 Å². The molecule has 1 fully saturated rings. The lowest BCUT2D eigenvalue weighted by atomic mass is 10.2. The zero-order valence-corrected chi connectivity index (χ0v) is 19.3. The van der Waals surface area contributed by atoms with Crippen molar-refractivity contribution in [2.75, 3.05) is 33.6 Å². The van der Waals surface area contributed by atoms with Gasteiger partial charge in [-0.3, -0.25) is 9.59 Å². The number of fused-ring (bicyclic) bond motifs is 1. The molecule has 0 spiro atoms. The second kappa shape index (κ2) is 10.3. The van der Waals surface area contributed by atoms with Crippen LogP contribution in [0.15, 0.2) is 47.4 Å². The highest BCUT2D eigenvalue weighted by Gasteiger charge is 2.35. The van der Waals surface area contributed by atoms with Crippen molar-refractivity contribution in [1.29, 1.82) is 0 Å². The lowest BCUT2D eigenvalue weighted by molar-refractivity contribution is -0.140. The molecule has 2 N–H and O–H groups in total. The van der Waals surface area contributed by atoms with E-state index in [4.69, 9.17) is 18.9 Å². The molecule has 2 aliphatic heterocycles. The van der Waals surface area contributed by atoms with E-state index >= 15 is 0 Å². The zero-order valence-electron chi connectivity index (χ0n) is 18.5. The van der Waals surface area contributed by atoms with Crippen LogP contribution in [0.1, 0.15) is 12.0 Å². The summed E-state index contributed by atoms with van der Waals surface area (Å²) in [6.07, 6.45) is -0.429. The summed E-state index contributed by atoms with van der Waals surface area (Å²) in [5.74, 6) is -0.0163. The van der Waals surface area contributed by atoms with Gasteiger partial charge in [-0.15, -0.1) is 0 Å². The predicted octanol–water partition coefficient (Wildman–Crippen LogP) is 0.594. The summed E-state index contributed by atoms with van der Waals surface area (Å²) in [7, 11) is -2.38. The van der Waals surface area contributed by atoms with Gasteiger partial charge in [-0.1, -0.05) is 6.07 Å². The van der Waals surface area contributed by atoms with Crippen LogP contribution in [0.5, 0.6) is 17.2 Å². The SMILES string of the molecule is COc1ccc(S(=O)(=O)N2CCCO[C@@H]2CNC(=O)C(=O)NCc2ccc3c(c2)OCO3)cc1. The largest absolute Gasteiger partial charge is 0.497 e. The van der Waals surface area contributed by atoms with E-state index in [0.29, 0.717) is 30.3 Å². The summed E-state index contributed by atoms with van der Waals surface area (Å²) in [4.78, 5) is 24.6. The molecule has 4 rings (SSSR count). The summed E-state index contributed by atoms with van der Waals surface area (Å²) < 4.78 is 48.6. The number of ether oxygens (including phenoxy) is 4. The van der Waals surface area contributed by atoms with Crippen LogP contribution in [0.4, 0.5) is 0 Å². The molecule has 1 atom stereocenters. The molecule has 11 nitrogen and oxygen atoms in total. The van der Waals surface area contributed by atoms with Gasteiger partial charge in [0.05, 0.1) is 25.2 Å². The van der Waals surface area contributed by atoms with Crippen molar-refractivity contribution < 1.29 is 37.0 Å². The highest BCUT2D eigenvalue weighted by Crippen LogP contribution is 2.32. The number of hydrogen-bond acceptors (Lipinski definition) is 8. The third kappa shape index (κ3) is 5.24. The number of hydrogen-bond donors (Lipinski definition) is 2. The number of methoxy groups -OCH3 is 1. The van der Waals surface area contributed by atoms with Crippen molar-refractivity contribution in [3.63, 3.8) is 0 Å². The van der Waals surface area contributed by atoms with E-state index in [1.807, 2.05) is 0 Å². The maximum atomic E-state index is 13.1. The Bertz CT molecular complexity index is 1150. The molecule has 0 aromatic heterocycles. The van der Waals surface area contributed by atoms with Crippen LogP contribution in [0.3, 0.4) is 0 Å². The third-order valence-corrected chi connectivity index (χ3v) is 7.26. The molecule has 0 bridgehead atoms. The molecule has 12 heteroatoms. The second-order valence-electron chi connectivity index (χ2n) is 7.55. The maximum absolute atomic E-state index is 13.1. The lowest BCUT2D eigenvalue weighted by Gasteiger charge is -2.34. The van der Waals surface area contributed by atoms with Crippen LogP contribution in [0, 0.1) is 0 Å². The minimum Gasteiger partial charge on any atom is -0.497 e. The Morgan fingerprint density at radius 3 is 2.56 bits per heavy atom. The van der Waals surface area contributed by atoms with Gasteiger partial charge in [0, 0.05) is 13.1 Å². The molecule has 182 valence electrons. The molecule has 2 aromatic carbocycles. The summed E-state index contributed by atoms with van der Waals surface area (Å²) in [5.41, 5.74) is 0.734. The number of nitrogens with one attached hydrogen (secondary N) is 2. The number of nitrogens with zero attached hydrogens (tertiary/aromatic N) is 1. The van der Waals surface area contributed by atoms with E-state index in [1.165, 1.54) is 23.5 Å². The van der Waals surface area contributed by atoms with Gasteiger partial charge in [-0.25, -0.2) is 8.42 Å². The Balaban J connectivity index is 1.33. The molecule has 2 amide bonds. The van der Waals surface area contributed by atoms with Gasteiger partial charge in [0.25, 0.3) is 0 Å². The molecule has 2 heterocycles. The molecule has 0 radical (unpaired) electrons. The molecular formula is C22H25N3O8S. The number of amides is 2. The van der Waals surface area contributed by atoms with Gasteiger partial charge in [-0.2, -0.15) is 4.31 Å². The Morgan fingerprint density at radius 2 is 1.79 bits per heavy atom. The topological polar surface area (TPSA) is 132 Å². The number of carbonyl (C=O) groups is 2. The predicted molar refractivity (Wildman–Crippen MR) is 119 cm³/mol. The van der Waals surface area contributed by atoms with E-state index in [9.17, 15) is 18.0 Å². The number of benzene rings is 2. The Morgan fingerprint density at radius 1 is 1.06 bits per heavy atom. The summed E-state index contributed by atoms with van der Waals surface area (Å²) in [5, 5.41) is 4.98. The first kappa shape index (κ1) is 23.8. The van der Waals surface area contributed by atoms with Gasteiger partial charge >= 0.3 is 11.8 Å². The van der Waals surface area contributed by atoms with Crippen LogP contribution < -0.4 is 24.8 Å². The average Bonchev–Trinajstić information content (AvgIpc) is 3.34. The zero-order chi connectivity index (χ0) is 24.1. The van der Waals surface area contributed by atoms with E-state index < -0.39 is 28.1 Å². The molecule has 34 heavy (non-hydrogen) atoms. The summed E-state index contributed by atoms with van der Waals surface area (Å²) >= 11 is 0. The molecule has 1 saturated heterocycles. The fourth-order valence-corrected chi connectivity index (χ4v) is 5.12. The fraction of sp³-hybridized carbons (Fsp3) is 0.364. The van der Waals surface area contributed by atoms with Crippen molar-refractivity contribution >= 4 is 21.8 Å². The molecule has 2 aromatic rings. The first-order chi connectivity index (χ1) is 16.4. The minimum atomic E-state index is -3.88. The second-order valence-corrected chi connectivity index (χ2v) is 9.44. The van der Waals surface area contributed by atoms with Crippen molar-refractivity contribution in [2.24, 2.45) is 0 Å². The number of sulfonamides is 1. The highest BCUT2D eigenvalue weighted by molar-refractivity contribution is 7.89. The lowest BCUT2D eigenvalue weighted by Crippen LogP contribution is -2.53. The van der Waals surface area contributed by atoms with Crippen molar-refractivity contribution in [3.05, 3.63) is 48.0 Å². The monoisotopic (exact) mass is 491 g/mol. The van der Waals surface area contributed by atoms with Crippen LogP contribution >= 0.6 is 0 Å². The molecule has 0 aliphatic carbocycles. The molecule has 0 saturated carbocycles. The fourth-order valence-electron chi connectivity index (χ4n) is 3.56. The smallest absolute Gasteiger partial charge is 0.309 e. The van der Waals surface area contributed by atoms with Gasteiger partial charge < -0.3 is 29.6 Å². The van der Waals surface area contributed by atoms with E-state index in [0.717, 1.165) is 5.56 Å². The summed E-state index contributed by atoms with van der Waals surface area (Å²) in [6, 6.07) is 11.2. The Labute approximate surface area is 197 Å². The van der Waals surface area contributed by atoms with E-state index in [2.05, 4.69) is 10.6 Å². The van der Waals surface area contributed by atoms with Crippen LogP contribution in [-0.2, 0) is 30.9 Å². The van der Waals surface area contributed by atoms with Crippen LogP contribution in [-0.4, -0.2) is 64.4 Å². The summed E-state index contributed by atoms with van der Waals surface area (Å²) in [6.45, 7) is 0.644. The van der Waals surface area contributed by atoms with E-state index in [-0.39, 0.29) is 31.3 Å².